The predicted molar refractivity (Wildman–Crippen MR) is 67.0 cm³/mol. The van der Waals surface area contributed by atoms with Crippen LogP contribution in [-0.2, 0) is 12.1 Å². The summed E-state index contributed by atoms with van der Waals surface area (Å²) in [7, 11) is 0. The van der Waals surface area contributed by atoms with Crippen LogP contribution in [0.4, 0.5) is 18.9 Å². The fourth-order valence-corrected chi connectivity index (χ4v) is 2.60. The fraction of sp³-hybridized carbons (Fsp3) is 0.538. The first kappa shape index (κ1) is 13.5. The molecule has 0 radical (unpaired) electrons. The Kier molecular flexibility index (Phi) is 3.76. The molecule has 2 rings (SSSR count). The lowest BCUT2D eigenvalue weighted by Crippen LogP contribution is -2.28. The van der Waals surface area contributed by atoms with Crippen molar-refractivity contribution in [2.45, 2.75) is 37.9 Å². The Morgan fingerprint density at radius 3 is 2.61 bits per heavy atom. The minimum absolute atomic E-state index is 0.0961. The number of rotatable bonds is 2. The SMILES string of the molecule is CC1CCCN1c1ccc(CCl)cc1C(F)(F)F. The summed E-state index contributed by atoms with van der Waals surface area (Å²) < 4.78 is 39.2. The fourth-order valence-electron chi connectivity index (χ4n) is 2.43. The van der Waals surface area contributed by atoms with Crippen molar-refractivity contribution in [2.75, 3.05) is 11.4 Å². The highest BCUT2D eigenvalue weighted by atomic mass is 35.5. The van der Waals surface area contributed by atoms with Gasteiger partial charge >= 0.3 is 6.18 Å². The van der Waals surface area contributed by atoms with E-state index in [1.54, 1.807) is 12.1 Å². The molecule has 0 amide bonds. The van der Waals surface area contributed by atoms with Gasteiger partial charge in [-0.1, -0.05) is 6.07 Å². The zero-order chi connectivity index (χ0) is 13.3. The first-order valence-corrected chi connectivity index (χ1v) is 6.49. The van der Waals surface area contributed by atoms with Gasteiger partial charge in [0.2, 0.25) is 0 Å². The highest BCUT2D eigenvalue weighted by Crippen LogP contribution is 2.39. The van der Waals surface area contributed by atoms with E-state index in [1.165, 1.54) is 0 Å². The van der Waals surface area contributed by atoms with Gasteiger partial charge in [0.25, 0.3) is 0 Å². The standard InChI is InChI=1S/C13H15ClF3N/c1-9-3-2-6-18(9)12-5-4-10(8-14)7-11(12)13(15,16)17/h4-5,7,9H,2-3,6,8H2,1H3. The lowest BCUT2D eigenvalue weighted by Gasteiger charge is -2.27. The van der Waals surface area contributed by atoms with Crippen LogP contribution in [0, 0.1) is 0 Å². The molecule has 0 N–H and O–H groups in total. The van der Waals surface area contributed by atoms with Gasteiger partial charge in [0.15, 0.2) is 0 Å². The molecule has 1 aliphatic rings. The van der Waals surface area contributed by atoms with Crippen molar-refractivity contribution in [3.63, 3.8) is 0 Å². The molecule has 0 aromatic heterocycles. The summed E-state index contributed by atoms with van der Waals surface area (Å²) in [6.07, 6.45) is -2.45. The highest BCUT2D eigenvalue weighted by Gasteiger charge is 2.36. The van der Waals surface area contributed by atoms with Crippen molar-refractivity contribution in [2.24, 2.45) is 0 Å². The van der Waals surface area contributed by atoms with E-state index in [1.807, 2.05) is 11.8 Å². The summed E-state index contributed by atoms with van der Waals surface area (Å²) in [5.74, 6) is 0.0961. The van der Waals surface area contributed by atoms with Crippen LogP contribution in [0.3, 0.4) is 0 Å². The van der Waals surface area contributed by atoms with Gasteiger partial charge in [0, 0.05) is 24.2 Å². The maximum absolute atomic E-state index is 13.1. The minimum Gasteiger partial charge on any atom is -0.368 e. The second-order valence-electron chi connectivity index (χ2n) is 4.67. The molecule has 0 saturated carbocycles. The van der Waals surface area contributed by atoms with Gasteiger partial charge in [-0.3, -0.25) is 0 Å². The van der Waals surface area contributed by atoms with E-state index in [2.05, 4.69) is 0 Å². The smallest absolute Gasteiger partial charge is 0.368 e. The van der Waals surface area contributed by atoms with Crippen LogP contribution in [0.15, 0.2) is 18.2 Å². The van der Waals surface area contributed by atoms with Crippen molar-refractivity contribution in [1.29, 1.82) is 0 Å². The van der Waals surface area contributed by atoms with Crippen molar-refractivity contribution >= 4 is 17.3 Å². The van der Waals surface area contributed by atoms with Crippen molar-refractivity contribution < 1.29 is 13.2 Å². The molecule has 1 aromatic carbocycles. The van der Waals surface area contributed by atoms with Crippen molar-refractivity contribution in [1.82, 2.24) is 0 Å². The van der Waals surface area contributed by atoms with E-state index in [4.69, 9.17) is 11.6 Å². The number of halogens is 4. The van der Waals surface area contributed by atoms with Crippen LogP contribution < -0.4 is 4.90 Å². The molecule has 1 atom stereocenters. The maximum atomic E-state index is 13.1. The molecule has 0 aliphatic carbocycles. The first-order valence-electron chi connectivity index (χ1n) is 5.96. The van der Waals surface area contributed by atoms with E-state index < -0.39 is 11.7 Å². The lowest BCUT2D eigenvalue weighted by molar-refractivity contribution is -0.137. The Balaban J connectivity index is 2.46. The average Bonchev–Trinajstić information content (AvgIpc) is 2.73. The van der Waals surface area contributed by atoms with Crippen LogP contribution in [-0.4, -0.2) is 12.6 Å². The van der Waals surface area contributed by atoms with Crippen molar-refractivity contribution in [3.8, 4) is 0 Å². The number of hydrogen-bond donors (Lipinski definition) is 0. The highest BCUT2D eigenvalue weighted by molar-refractivity contribution is 6.17. The van der Waals surface area contributed by atoms with Crippen LogP contribution >= 0.6 is 11.6 Å². The normalized spacial score (nSPS) is 20.5. The molecule has 1 fully saturated rings. The number of hydrogen-bond acceptors (Lipinski definition) is 1. The predicted octanol–water partition coefficient (Wildman–Crippen LogP) is 4.43. The second-order valence-corrected chi connectivity index (χ2v) is 4.93. The summed E-state index contributed by atoms with van der Waals surface area (Å²) in [4.78, 5) is 1.83. The topological polar surface area (TPSA) is 3.24 Å². The number of nitrogens with zero attached hydrogens (tertiary/aromatic N) is 1. The Bertz CT molecular complexity index is 431. The Labute approximate surface area is 110 Å². The van der Waals surface area contributed by atoms with Gasteiger partial charge in [-0.05, 0) is 37.5 Å². The molecule has 1 heterocycles. The molecule has 0 bridgehead atoms. The third-order valence-electron chi connectivity index (χ3n) is 3.38. The van der Waals surface area contributed by atoms with Gasteiger partial charge < -0.3 is 4.90 Å². The average molecular weight is 278 g/mol. The van der Waals surface area contributed by atoms with Crippen LogP contribution in [0.25, 0.3) is 0 Å². The van der Waals surface area contributed by atoms with E-state index in [0.717, 1.165) is 18.9 Å². The third-order valence-corrected chi connectivity index (χ3v) is 3.69. The van der Waals surface area contributed by atoms with E-state index in [0.29, 0.717) is 12.1 Å². The third kappa shape index (κ3) is 2.58. The number of anilines is 1. The minimum atomic E-state index is -4.33. The summed E-state index contributed by atoms with van der Waals surface area (Å²) in [6, 6.07) is 4.53. The molecular formula is C13H15ClF3N. The monoisotopic (exact) mass is 277 g/mol. The van der Waals surface area contributed by atoms with Crippen LogP contribution in [0.5, 0.6) is 0 Å². The van der Waals surface area contributed by atoms with E-state index >= 15 is 0 Å². The van der Waals surface area contributed by atoms with E-state index in [9.17, 15) is 13.2 Å². The quantitative estimate of drug-likeness (QED) is 0.723. The van der Waals surface area contributed by atoms with Crippen molar-refractivity contribution in [3.05, 3.63) is 29.3 Å². The second kappa shape index (κ2) is 5.00. The zero-order valence-electron chi connectivity index (χ0n) is 10.1. The molecular weight excluding hydrogens is 263 g/mol. The Morgan fingerprint density at radius 1 is 1.39 bits per heavy atom. The van der Waals surface area contributed by atoms with Gasteiger partial charge in [0.1, 0.15) is 0 Å². The van der Waals surface area contributed by atoms with Gasteiger partial charge in [-0.25, -0.2) is 0 Å². The summed E-state index contributed by atoms with van der Waals surface area (Å²) >= 11 is 5.61. The number of benzene rings is 1. The molecule has 100 valence electrons. The number of alkyl halides is 4. The Morgan fingerprint density at radius 2 is 2.11 bits per heavy atom. The molecule has 0 spiro atoms. The van der Waals surface area contributed by atoms with Gasteiger partial charge in [-0.15, -0.1) is 11.6 Å². The van der Waals surface area contributed by atoms with Crippen LogP contribution in [0.2, 0.25) is 0 Å². The Hall–Kier alpha value is -0.900. The van der Waals surface area contributed by atoms with Gasteiger partial charge in [0.05, 0.1) is 5.56 Å². The summed E-state index contributed by atoms with van der Waals surface area (Å²) in [6.45, 7) is 2.65. The largest absolute Gasteiger partial charge is 0.418 e. The first-order chi connectivity index (χ1) is 8.43. The molecule has 1 nitrogen and oxygen atoms in total. The molecule has 1 aromatic rings. The molecule has 1 saturated heterocycles. The van der Waals surface area contributed by atoms with Crippen LogP contribution in [0.1, 0.15) is 30.9 Å². The van der Waals surface area contributed by atoms with Gasteiger partial charge in [-0.2, -0.15) is 13.2 Å². The summed E-state index contributed by atoms with van der Waals surface area (Å²) in [5, 5.41) is 0. The molecule has 1 unspecified atom stereocenters. The molecule has 5 heteroatoms. The lowest BCUT2D eigenvalue weighted by atomic mass is 10.1. The van der Waals surface area contributed by atoms with E-state index in [-0.39, 0.29) is 17.6 Å². The zero-order valence-corrected chi connectivity index (χ0v) is 10.9. The molecule has 18 heavy (non-hydrogen) atoms. The maximum Gasteiger partial charge on any atom is 0.418 e. The molecule has 1 aliphatic heterocycles. The summed E-state index contributed by atoms with van der Waals surface area (Å²) in [5.41, 5.74) is 0.204.